The first-order valence-corrected chi connectivity index (χ1v) is 6.19. The molecule has 5 nitrogen and oxygen atoms in total. The third kappa shape index (κ3) is 3.33. The van der Waals surface area contributed by atoms with Crippen molar-refractivity contribution in [2.75, 3.05) is 6.61 Å². The Hall–Kier alpha value is -2.09. The number of halogens is 3. The molecule has 21 heavy (non-hydrogen) atoms. The molecule has 0 saturated carbocycles. The second kappa shape index (κ2) is 5.72. The maximum Gasteiger partial charge on any atom is 0.433 e. The lowest BCUT2D eigenvalue weighted by Gasteiger charge is -2.30. The summed E-state index contributed by atoms with van der Waals surface area (Å²) >= 11 is 0. The summed E-state index contributed by atoms with van der Waals surface area (Å²) in [4.78, 5) is 15.4. The molecule has 2 heterocycles. The van der Waals surface area contributed by atoms with Gasteiger partial charge in [-0.15, -0.1) is 0 Å². The van der Waals surface area contributed by atoms with E-state index in [0.717, 1.165) is 17.2 Å². The normalized spacial score (nSPS) is 19.3. The van der Waals surface area contributed by atoms with E-state index in [1.807, 2.05) is 0 Å². The highest BCUT2D eigenvalue weighted by Crippen LogP contribution is 2.31. The third-order valence-electron chi connectivity index (χ3n) is 3.29. The van der Waals surface area contributed by atoms with E-state index in [0.29, 0.717) is 24.0 Å². The van der Waals surface area contributed by atoms with Crippen molar-refractivity contribution in [2.24, 2.45) is 0 Å². The van der Waals surface area contributed by atoms with Crippen LogP contribution in [0, 0.1) is 0 Å². The van der Waals surface area contributed by atoms with Crippen LogP contribution < -0.4 is 0 Å². The highest BCUT2D eigenvalue weighted by Gasteiger charge is 2.32. The molecule has 114 valence electrons. The largest absolute Gasteiger partial charge is 0.465 e. The summed E-state index contributed by atoms with van der Waals surface area (Å²) in [7, 11) is 0. The fourth-order valence-corrected chi connectivity index (χ4v) is 2.16. The van der Waals surface area contributed by atoms with E-state index in [1.165, 1.54) is 12.3 Å². The molecule has 1 unspecified atom stereocenters. The molecule has 0 radical (unpaired) electrons. The van der Waals surface area contributed by atoms with Gasteiger partial charge in [-0.2, -0.15) is 13.2 Å². The van der Waals surface area contributed by atoms with Crippen molar-refractivity contribution >= 4 is 11.7 Å². The number of aromatic nitrogens is 1. The van der Waals surface area contributed by atoms with Crippen molar-refractivity contribution in [3.8, 4) is 0 Å². The van der Waals surface area contributed by atoms with Gasteiger partial charge in [0, 0.05) is 12.4 Å². The first-order chi connectivity index (χ1) is 9.82. The van der Waals surface area contributed by atoms with Gasteiger partial charge < -0.3 is 10.2 Å². The highest BCUT2D eigenvalue weighted by atomic mass is 19.4. The molecule has 1 atom stereocenters. The van der Waals surface area contributed by atoms with Crippen molar-refractivity contribution in [1.82, 2.24) is 9.88 Å². The molecule has 2 N–H and O–H groups in total. The molecule has 1 aromatic heterocycles. The molecule has 2 rings (SSSR count). The number of pyridine rings is 1. The van der Waals surface area contributed by atoms with Gasteiger partial charge in [-0.05, 0) is 30.0 Å². The second-order valence-corrected chi connectivity index (χ2v) is 4.65. The quantitative estimate of drug-likeness (QED) is 0.880. The minimum Gasteiger partial charge on any atom is -0.465 e. The molecule has 0 aliphatic carbocycles. The van der Waals surface area contributed by atoms with E-state index in [1.54, 1.807) is 0 Å². The van der Waals surface area contributed by atoms with E-state index in [2.05, 4.69) is 4.98 Å². The van der Waals surface area contributed by atoms with Crippen molar-refractivity contribution in [1.29, 1.82) is 0 Å². The van der Waals surface area contributed by atoms with Crippen LogP contribution in [0.1, 0.15) is 24.1 Å². The minimum absolute atomic E-state index is 0.304. The molecule has 0 spiro atoms. The Bertz CT molecular complexity index is 555. The number of carbonyl (C=O) groups is 1. The third-order valence-corrected chi connectivity index (χ3v) is 3.29. The second-order valence-electron chi connectivity index (χ2n) is 4.65. The Morgan fingerprint density at radius 2 is 2.14 bits per heavy atom. The van der Waals surface area contributed by atoms with Crippen LogP contribution in [0.5, 0.6) is 0 Å². The Morgan fingerprint density at radius 1 is 1.43 bits per heavy atom. The molecule has 0 bridgehead atoms. The van der Waals surface area contributed by atoms with Gasteiger partial charge in [-0.3, -0.25) is 9.88 Å². The zero-order valence-corrected chi connectivity index (χ0v) is 10.8. The summed E-state index contributed by atoms with van der Waals surface area (Å²) in [5, 5.41) is 18.2. The lowest BCUT2D eigenvalue weighted by atomic mass is 9.96. The van der Waals surface area contributed by atoms with Crippen LogP contribution in [0.25, 0.3) is 5.57 Å². The van der Waals surface area contributed by atoms with Crippen LogP contribution in [0.2, 0.25) is 0 Å². The van der Waals surface area contributed by atoms with E-state index < -0.39 is 24.0 Å². The molecule has 0 saturated heterocycles. The van der Waals surface area contributed by atoms with E-state index in [4.69, 9.17) is 10.2 Å². The van der Waals surface area contributed by atoms with E-state index in [9.17, 15) is 18.0 Å². The van der Waals surface area contributed by atoms with Gasteiger partial charge in [-0.1, -0.05) is 6.07 Å². The minimum atomic E-state index is -4.51. The maximum absolute atomic E-state index is 12.4. The monoisotopic (exact) mass is 302 g/mol. The number of nitrogens with zero attached hydrogens (tertiary/aromatic N) is 2. The maximum atomic E-state index is 12.4. The van der Waals surface area contributed by atoms with Crippen molar-refractivity contribution in [2.45, 2.75) is 25.1 Å². The van der Waals surface area contributed by atoms with E-state index >= 15 is 0 Å². The Kier molecular flexibility index (Phi) is 4.17. The number of carboxylic acid groups (broad SMARTS) is 1. The number of hydrogen-bond donors (Lipinski definition) is 2. The Balaban J connectivity index is 2.27. The molecule has 8 heteroatoms. The molecule has 0 fully saturated rings. The van der Waals surface area contributed by atoms with Crippen molar-refractivity contribution < 1.29 is 28.2 Å². The summed E-state index contributed by atoms with van der Waals surface area (Å²) in [6, 6.07) is 1.59. The predicted molar refractivity (Wildman–Crippen MR) is 67.2 cm³/mol. The van der Waals surface area contributed by atoms with Gasteiger partial charge in [0.15, 0.2) is 0 Å². The smallest absolute Gasteiger partial charge is 0.433 e. The van der Waals surface area contributed by atoms with Crippen LogP contribution in [0.15, 0.2) is 24.5 Å². The predicted octanol–water partition coefficient (Wildman–Crippen LogP) is 2.58. The van der Waals surface area contributed by atoms with Crippen molar-refractivity contribution in [3.63, 3.8) is 0 Å². The van der Waals surface area contributed by atoms with Gasteiger partial charge in [-0.25, -0.2) is 4.79 Å². The van der Waals surface area contributed by atoms with Gasteiger partial charge in [0.25, 0.3) is 0 Å². The standard InChI is InChI=1S/C13H13F3N2O3/c14-13(15,16)11-4-2-8(5-17-11)9-1-3-10(7-19)18(6-9)12(20)21/h2,4-6,10,19H,1,3,7H2,(H,20,21). The number of alkyl halides is 3. The van der Waals surface area contributed by atoms with E-state index in [-0.39, 0.29) is 6.61 Å². The number of aliphatic hydroxyl groups is 1. The number of hydrogen-bond acceptors (Lipinski definition) is 3. The lowest BCUT2D eigenvalue weighted by molar-refractivity contribution is -0.141. The fourth-order valence-electron chi connectivity index (χ4n) is 2.16. The Labute approximate surface area is 118 Å². The van der Waals surface area contributed by atoms with Crippen molar-refractivity contribution in [3.05, 3.63) is 35.8 Å². The number of amides is 1. The van der Waals surface area contributed by atoms with Gasteiger partial charge in [0.05, 0.1) is 12.6 Å². The van der Waals surface area contributed by atoms with Crippen LogP contribution >= 0.6 is 0 Å². The van der Waals surface area contributed by atoms with Crippen LogP contribution in [-0.4, -0.2) is 38.8 Å². The fraction of sp³-hybridized carbons (Fsp3) is 0.385. The van der Waals surface area contributed by atoms with Crippen LogP contribution in [-0.2, 0) is 6.18 Å². The summed E-state index contributed by atoms with van der Waals surface area (Å²) in [5.41, 5.74) is 0.0138. The number of allylic oxidation sites excluding steroid dienone is 1. The summed E-state index contributed by atoms with van der Waals surface area (Å²) in [6.45, 7) is -0.304. The molecule has 0 aromatic carbocycles. The van der Waals surface area contributed by atoms with Crippen LogP contribution in [0.3, 0.4) is 0 Å². The highest BCUT2D eigenvalue weighted by molar-refractivity contribution is 5.73. The molecule has 1 aromatic rings. The Morgan fingerprint density at radius 3 is 2.62 bits per heavy atom. The zero-order chi connectivity index (χ0) is 15.6. The average molecular weight is 302 g/mol. The summed E-state index contributed by atoms with van der Waals surface area (Å²) in [5.74, 6) is 0. The zero-order valence-electron chi connectivity index (χ0n) is 10.8. The lowest BCUT2D eigenvalue weighted by Crippen LogP contribution is -2.40. The molecule has 1 aliphatic heterocycles. The summed E-state index contributed by atoms with van der Waals surface area (Å²) < 4.78 is 37.3. The summed E-state index contributed by atoms with van der Waals surface area (Å²) in [6.07, 6.45) is -2.46. The molecular weight excluding hydrogens is 289 g/mol. The molecule has 1 amide bonds. The average Bonchev–Trinajstić information content (AvgIpc) is 2.45. The van der Waals surface area contributed by atoms with Gasteiger partial charge in [0.2, 0.25) is 0 Å². The first kappa shape index (κ1) is 15.3. The molecular formula is C13H13F3N2O3. The topological polar surface area (TPSA) is 73.7 Å². The van der Waals surface area contributed by atoms with Gasteiger partial charge >= 0.3 is 12.3 Å². The molecule has 1 aliphatic rings. The van der Waals surface area contributed by atoms with Gasteiger partial charge in [0.1, 0.15) is 5.69 Å². The number of aliphatic hydroxyl groups excluding tert-OH is 1. The first-order valence-electron chi connectivity index (χ1n) is 6.19. The number of rotatable bonds is 2. The van der Waals surface area contributed by atoms with Crippen LogP contribution in [0.4, 0.5) is 18.0 Å². The SMILES string of the molecule is O=C(O)N1C=C(c2ccc(C(F)(F)F)nc2)CCC1CO.